The van der Waals surface area contributed by atoms with Crippen LogP contribution in [0.1, 0.15) is 24.5 Å². The van der Waals surface area contributed by atoms with Crippen molar-refractivity contribution in [3.8, 4) is 0 Å². The van der Waals surface area contributed by atoms with Gasteiger partial charge in [0, 0.05) is 44.0 Å². The summed E-state index contributed by atoms with van der Waals surface area (Å²) in [7, 11) is 0. The number of thiol groups is 1. The molecule has 7 nitrogen and oxygen atoms in total. The summed E-state index contributed by atoms with van der Waals surface area (Å²) in [6.45, 7) is 5.90. The topological polar surface area (TPSA) is 74.8 Å². The molecule has 2 saturated heterocycles. The summed E-state index contributed by atoms with van der Waals surface area (Å²) < 4.78 is 5.47. The third-order valence-electron chi connectivity index (χ3n) is 7.12. The van der Waals surface area contributed by atoms with Crippen LogP contribution in [0, 0.1) is 11.8 Å². The molecular weight excluding hydrogens is 448 g/mol. The van der Waals surface area contributed by atoms with Crippen LogP contribution in [0.4, 0.5) is 5.82 Å². The Labute approximate surface area is 205 Å². The highest BCUT2D eigenvalue weighted by molar-refractivity contribution is 7.83. The zero-order valence-corrected chi connectivity index (χ0v) is 20.2. The monoisotopic (exact) mass is 478 g/mol. The molecule has 0 bridgehead atoms. The number of carbonyl (C=O) groups excluding carboxylic acids is 2. The molecule has 0 spiro atoms. The minimum absolute atomic E-state index is 0.0271. The number of pyridine rings is 1. The summed E-state index contributed by atoms with van der Waals surface area (Å²) in [6, 6.07) is 1.72. The van der Waals surface area contributed by atoms with E-state index in [1.165, 1.54) is 5.57 Å². The van der Waals surface area contributed by atoms with Gasteiger partial charge in [-0.2, -0.15) is 12.6 Å². The molecular formula is C26H30N4O3S. The fourth-order valence-corrected chi connectivity index (χ4v) is 5.58. The van der Waals surface area contributed by atoms with E-state index < -0.39 is 0 Å². The maximum Gasteiger partial charge on any atom is 0.246 e. The maximum absolute atomic E-state index is 12.9. The maximum atomic E-state index is 12.9. The van der Waals surface area contributed by atoms with E-state index in [0.29, 0.717) is 44.0 Å². The van der Waals surface area contributed by atoms with Crippen molar-refractivity contribution < 1.29 is 14.3 Å². The molecule has 8 heteroatoms. The SMILES string of the molecule is C/C=C\C(=C/S)C1=CC2CN(C(=O)/C=C/c3cnc4c(c3)CN3CCOCC3C(=O)N4)CC2C1. The summed E-state index contributed by atoms with van der Waals surface area (Å²) in [6.07, 6.45) is 12.6. The van der Waals surface area contributed by atoms with Gasteiger partial charge < -0.3 is 15.0 Å². The molecule has 3 aliphatic heterocycles. The van der Waals surface area contributed by atoms with Gasteiger partial charge in [0.05, 0.1) is 13.2 Å². The van der Waals surface area contributed by atoms with Gasteiger partial charge in [-0.15, -0.1) is 0 Å². The smallest absolute Gasteiger partial charge is 0.246 e. The first-order chi connectivity index (χ1) is 16.6. The molecule has 5 rings (SSSR count). The van der Waals surface area contributed by atoms with E-state index in [1.807, 2.05) is 35.5 Å². The summed E-state index contributed by atoms with van der Waals surface area (Å²) in [5.41, 5.74) is 4.30. The van der Waals surface area contributed by atoms with Crippen molar-refractivity contribution in [2.24, 2.45) is 11.8 Å². The molecule has 1 aliphatic carbocycles. The molecule has 1 N–H and O–H groups in total. The van der Waals surface area contributed by atoms with Gasteiger partial charge in [0.1, 0.15) is 11.9 Å². The van der Waals surface area contributed by atoms with Crippen molar-refractivity contribution in [1.82, 2.24) is 14.8 Å². The molecule has 4 aliphatic rings. The molecule has 0 aromatic carbocycles. The molecule has 178 valence electrons. The quantitative estimate of drug-likeness (QED) is 0.395. The number of carbonyl (C=O) groups is 2. The molecule has 1 aromatic rings. The second kappa shape index (κ2) is 9.90. The van der Waals surface area contributed by atoms with Crippen LogP contribution in [0.15, 0.2) is 53.1 Å². The Bertz CT molecular complexity index is 1110. The summed E-state index contributed by atoms with van der Waals surface area (Å²) in [5.74, 6) is 1.41. The normalized spacial score (nSPS) is 27.4. The zero-order chi connectivity index (χ0) is 23.7. The van der Waals surface area contributed by atoms with Crippen molar-refractivity contribution in [2.75, 3.05) is 38.2 Å². The molecule has 2 amide bonds. The average Bonchev–Trinajstić information content (AvgIpc) is 3.38. The Morgan fingerprint density at radius 3 is 3.00 bits per heavy atom. The highest BCUT2D eigenvalue weighted by Gasteiger charge is 2.38. The third kappa shape index (κ3) is 4.62. The van der Waals surface area contributed by atoms with Gasteiger partial charge in [-0.25, -0.2) is 4.98 Å². The first-order valence-corrected chi connectivity index (χ1v) is 12.3. The number of anilines is 1. The zero-order valence-electron chi connectivity index (χ0n) is 19.3. The second-order valence-electron chi connectivity index (χ2n) is 9.31. The number of nitrogens with one attached hydrogen (secondary N) is 1. The fraction of sp³-hybridized carbons (Fsp3) is 0.423. The lowest BCUT2D eigenvalue weighted by molar-refractivity contribution is -0.127. The number of likely N-dealkylation sites (tertiary alicyclic amines) is 1. The van der Waals surface area contributed by atoms with E-state index in [9.17, 15) is 9.59 Å². The Kier molecular flexibility index (Phi) is 6.72. The number of hydrogen-bond acceptors (Lipinski definition) is 6. The number of aromatic nitrogens is 1. The van der Waals surface area contributed by atoms with Crippen LogP contribution in [0.2, 0.25) is 0 Å². The predicted molar refractivity (Wildman–Crippen MR) is 135 cm³/mol. The first kappa shape index (κ1) is 23.1. The fourth-order valence-electron chi connectivity index (χ4n) is 5.33. The Hall–Kier alpha value is -2.68. The molecule has 3 atom stereocenters. The summed E-state index contributed by atoms with van der Waals surface area (Å²) >= 11 is 4.35. The molecule has 0 saturated carbocycles. The first-order valence-electron chi connectivity index (χ1n) is 11.8. The van der Waals surface area contributed by atoms with Crippen molar-refractivity contribution in [1.29, 1.82) is 0 Å². The number of morpholine rings is 1. The Morgan fingerprint density at radius 2 is 2.21 bits per heavy atom. The lowest BCUT2D eigenvalue weighted by Gasteiger charge is -2.32. The molecule has 2 fully saturated rings. The minimum atomic E-state index is -0.287. The number of amides is 2. The number of nitrogens with zero attached hydrogens (tertiary/aromatic N) is 3. The Morgan fingerprint density at radius 1 is 1.32 bits per heavy atom. The van der Waals surface area contributed by atoms with Gasteiger partial charge in [0.2, 0.25) is 11.8 Å². The number of ether oxygens (including phenoxy) is 1. The van der Waals surface area contributed by atoms with Crippen LogP contribution in [0.25, 0.3) is 6.08 Å². The van der Waals surface area contributed by atoms with Crippen LogP contribution in [-0.2, 0) is 20.9 Å². The lowest BCUT2D eigenvalue weighted by atomic mass is 9.98. The van der Waals surface area contributed by atoms with Crippen molar-refractivity contribution in [3.63, 3.8) is 0 Å². The minimum Gasteiger partial charge on any atom is -0.378 e. The van der Waals surface area contributed by atoms with Crippen molar-refractivity contribution in [2.45, 2.75) is 25.9 Å². The van der Waals surface area contributed by atoms with E-state index >= 15 is 0 Å². The van der Waals surface area contributed by atoms with Crippen LogP contribution in [-0.4, -0.2) is 65.5 Å². The molecule has 34 heavy (non-hydrogen) atoms. The summed E-state index contributed by atoms with van der Waals surface area (Å²) in [5, 5.41) is 4.77. The van der Waals surface area contributed by atoms with Gasteiger partial charge >= 0.3 is 0 Å². The molecule has 4 heterocycles. The molecule has 3 unspecified atom stereocenters. The molecule has 1 aromatic heterocycles. The van der Waals surface area contributed by atoms with E-state index in [1.54, 1.807) is 12.3 Å². The number of fused-ring (bicyclic) bond motifs is 3. The number of hydrogen-bond donors (Lipinski definition) is 2. The second-order valence-corrected chi connectivity index (χ2v) is 9.57. The van der Waals surface area contributed by atoms with Crippen molar-refractivity contribution in [3.05, 3.63) is 64.2 Å². The van der Waals surface area contributed by atoms with Gasteiger partial charge in [0.25, 0.3) is 0 Å². The van der Waals surface area contributed by atoms with Crippen LogP contribution >= 0.6 is 12.6 Å². The van der Waals surface area contributed by atoms with Gasteiger partial charge in [-0.1, -0.05) is 18.2 Å². The van der Waals surface area contributed by atoms with E-state index in [4.69, 9.17) is 4.74 Å². The predicted octanol–water partition coefficient (Wildman–Crippen LogP) is 3.04. The van der Waals surface area contributed by atoms with Crippen LogP contribution in [0.5, 0.6) is 0 Å². The third-order valence-corrected chi connectivity index (χ3v) is 7.40. The van der Waals surface area contributed by atoms with Crippen LogP contribution < -0.4 is 5.32 Å². The van der Waals surface area contributed by atoms with Gasteiger partial charge in [0.15, 0.2) is 0 Å². The van der Waals surface area contributed by atoms with Crippen LogP contribution in [0.3, 0.4) is 0 Å². The van der Waals surface area contributed by atoms with Crippen molar-refractivity contribution >= 4 is 36.3 Å². The highest BCUT2D eigenvalue weighted by atomic mass is 32.1. The highest BCUT2D eigenvalue weighted by Crippen LogP contribution is 2.40. The van der Waals surface area contributed by atoms with E-state index in [2.05, 4.69) is 40.0 Å². The van der Waals surface area contributed by atoms with E-state index in [0.717, 1.165) is 36.2 Å². The average molecular weight is 479 g/mol. The standard InChI is InChI=1S/C26H30N4O3S/c1-2-3-18(16-34)19-9-20-12-30(13-21(20)10-19)24(31)5-4-17-8-22-14-29-6-7-33-15-23(29)26(32)28-25(22)27-11-17/h2-5,8-9,11,16,20-21,23,34H,6-7,10,12-15H2,1H3,(H,27,28,32)/b3-2-,5-4+,18-16+. The molecule has 0 radical (unpaired) electrons. The summed E-state index contributed by atoms with van der Waals surface area (Å²) in [4.78, 5) is 33.9. The number of rotatable bonds is 4. The lowest BCUT2D eigenvalue weighted by Crippen LogP contribution is -2.49. The van der Waals surface area contributed by atoms with Gasteiger partial charge in [-0.3, -0.25) is 14.5 Å². The number of allylic oxidation sites excluding steroid dienone is 4. The Balaban J connectivity index is 1.24. The largest absolute Gasteiger partial charge is 0.378 e. The van der Waals surface area contributed by atoms with E-state index in [-0.39, 0.29) is 17.9 Å². The van der Waals surface area contributed by atoms with Gasteiger partial charge in [-0.05, 0) is 59.4 Å².